The fourth-order valence-electron chi connectivity index (χ4n) is 3.28. The number of benzene rings is 2. The van der Waals surface area contributed by atoms with Crippen LogP contribution in [0.4, 0.5) is 5.69 Å². The number of carbonyl (C=O) groups excluding carboxylic acids is 1. The topological polar surface area (TPSA) is 83.6 Å². The molecule has 2 heterocycles. The second kappa shape index (κ2) is 10.0. The number of rotatable bonds is 7. The average Bonchev–Trinajstić information content (AvgIpc) is 3.23. The normalized spacial score (nSPS) is 10.7. The third kappa shape index (κ3) is 5.35. The molecule has 0 unspecified atom stereocenters. The van der Waals surface area contributed by atoms with Gasteiger partial charge < -0.3 is 5.32 Å². The van der Waals surface area contributed by atoms with Crippen LogP contribution in [0.5, 0.6) is 0 Å². The number of nitrogens with zero attached hydrogens (tertiary/aromatic N) is 4. The van der Waals surface area contributed by atoms with Crippen LogP contribution in [-0.4, -0.2) is 20.7 Å². The Balaban J connectivity index is 1.54. The van der Waals surface area contributed by atoms with E-state index in [1.165, 1.54) is 6.08 Å². The van der Waals surface area contributed by atoms with Gasteiger partial charge in [0.25, 0.3) is 0 Å². The molecule has 0 aliphatic heterocycles. The zero-order valence-corrected chi connectivity index (χ0v) is 17.3. The molecule has 0 atom stereocenters. The highest BCUT2D eigenvalue weighted by Gasteiger charge is 2.10. The summed E-state index contributed by atoms with van der Waals surface area (Å²) in [6, 6.07) is 23.2. The third-order valence-corrected chi connectivity index (χ3v) is 4.83. The van der Waals surface area contributed by atoms with Crippen LogP contribution in [0.25, 0.3) is 17.3 Å². The van der Waals surface area contributed by atoms with Crippen LogP contribution in [-0.2, 0) is 17.8 Å². The molecule has 4 aromatic rings. The second-order valence-electron chi connectivity index (χ2n) is 7.21. The maximum Gasteiger partial charge on any atom is 0.248 e. The summed E-state index contributed by atoms with van der Waals surface area (Å²) < 4.78 is 1.86. The van der Waals surface area contributed by atoms with E-state index in [0.717, 1.165) is 27.9 Å². The monoisotopic (exact) mass is 419 g/mol. The minimum absolute atomic E-state index is 0.244. The number of nitrogens with one attached hydrogen (secondary N) is 1. The van der Waals surface area contributed by atoms with Crippen LogP contribution in [0.1, 0.15) is 16.7 Å². The molecule has 2 aromatic carbocycles. The second-order valence-corrected chi connectivity index (χ2v) is 7.21. The number of carbonyl (C=O) groups is 1. The molecule has 0 bridgehead atoms. The molecule has 0 aliphatic carbocycles. The van der Waals surface area contributed by atoms with Crippen molar-refractivity contribution in [1.29, 1.82) is 5.26 Å². The van der Waals surface area contributed by atoms with Crippen LogP contribution < -0.4 is 5.32 Å². The number of hydrogen-bond donors (Lipinski definition) is 1. The maximum atomic E-state index is 12.5. The summed E-state index contributed by atoms with van der Waals surface area (Å²) >= 11 is 0. The molecular formula is C26H21N5O. The summed E-state index contributed by atoms with van der Waals surface area (Å²) in [6.45, 7) is 0.628. The molecule has 0 spiro atoms. The molecule has 0 fully saturated rings. The maximum absolute atomic E-state index is 12.5. The van der Waals surface area contributed by atoms with Crippen LogP contribution >= 0.6 is 0 Å². The predicted octanol–water partition coefficient (Wildman–Crippen LogP) is 4.71. The summed E-state index contributed by atoms with van der Waals surface area (Å²) in [5.41, 5.74) is 5.20. The lowest BCUT2D eigenvalue weighted by Gasteiger charge is -2.03. The number of aromatic nitrogens is 3. The lowest BCUT2D eigenvalue weighted by Crippen LogP contribution is -2.07. The van der Waals surface area contributed by atoms with Gasteiger partial charge in [-0.3, -0.25) is 14.5 Å². The zero-order valence-electron chi connectivity index (χ0n) is 17.3. The Morgan fingerprint density at radius 2 is 1.84 bits per heavy atom. The summed E-state index contributed by atoms with van der Waals surface area (Å²) in [4.78, 5) is 16.6. The van der Waals surface area contributed by atoms with Gasteiger partial charge >= 0.3 is 0 Å². The van der Waals surface area contributed by atoms with Gasteiger partial charge in [0.05, 0.1) is 19.0 Å². The van der Waals surface area contributed by atoms with E-state index in [4.69, 9.17) is 10.4 Å². The molecule has 32 heavy (non-hydrogen) atoms. The summed E-state index contributed by atoms with van der Waals surface area (Å²) in [5.74, 6) is -0.244. The quantitative estimate of drug-likeness (QED) is 0.440. The van der Waals surface area contributed by atoms with E-state index in [1.54, 1.807) is 30.6 Å². The Hall–Kier alpha value is -4.50. The molecule has 2 aromatic heterocycles. The van der Waals surface area contributed by atoms with E-state index in [9.17, 15) is 4.79 Å². The SMILES string of the molecule is N#CCc1ccc(NC(=O)/C=C/c2cn(Cc3ccccc3)nc2-c2cccnc2)cc1. The smallest absolute Gasteiger partial charge is 0.248 e. The van der Waals surface area contributed by atoms with Crippen LogP contribution in [0.15, 0.2) is 91.4 Å². The first-order valence-corrected chi connectivity index (χ1v) is 10.2. The van der Waals surface area contributed by atoms with E-state index < -0.39 is 0 Å². The van der Waals surface area contributed by atoms with Crippen LogP contribution in [0.3, 0.4) is 0 Å². The van der Waals surface area contributed by atoms with E-state index in [2.05, 4.69) is 28.5 Å². The van der Waals surface area contributed by atoms with Gasteiger partial charge in [-0.2, -0.15) is 10.4 Å². The Labute approximate surface area is 186 Å². The van der Waals surface area contributed by atoms with Gasteiger partial charge in [-0.05, 0) is 41.5 Å². The van der Waals surface area contributed by atoms with Gasteiger partial charge in [0.2, 0.25) is 5.91 Å². The average molecular weight is 419 g/mol. The standard InChI is InChI=1S/C26H21N5O/c27-15-14-20-8-11-24(12-9-20)29-25(32)13-10-23-19-31(18-21-5-2-1-3-6-21)30-26(23)22-7-4-16-28-17-22/h1-13,16-17,19H,14,18H2,(H,29,32)/b13-10+. The highest BCUT2D eigenvalue weighted by atomic mass is 16.1. The van der Waals surface area contributed by atoms with Crippen molar-refractivity contribution in [3.8, 4) is 17.3 Å². The van der Waals surface area contributed by atoms with E-state index >= 15 is 0 Å². The largest absolute Gasteiger partial charge is 0.323 e. The van der Waals surface area contributed by atoms with Crippen molar-refractivity contribution in [2.24, 2.45) is 0 Å². The molecule has 0 saturated carbocycles. The number of pyridine rings is 1. The van der Waals surface area contributed by atoms with Crippen molar-refractivity contribution in [2.75, 3.05) is 5.32 Å². The Morgan fingerprint density at radius 3 is 2.56 bits per heavy atom. The van der Waals surface area contributed by atoms with E-state index in [0.29, 0.717) is 18.7 Å². The molecule has 156 valence electrons. The van der Waals surface area contributed by atoms with Crippen LogP contribution in [0.2, 0.25) is 0 Å². The first-order valence-electron chi connectivity index (χ1n) is 10.2. The summed E-state index contributed by atoms with van der Waals surface area (Å²) in [5, 5.41) is 16.3. The molecule has 4 rings (SSSR count). The molecule has 0 aliphatic rings. The highest BCUT2D eigenvalue weighted by Crippen LogP contribution is 2.23. The number of nitriles is 1. The first kappa shape index (κ1) is 20.8. The fourth-order valence-corrected chi connectivity index (χ4v) is 3.28. The lowest BCUT2D eigenvalue weighted by molar-refractivity contribution is -0.111. The number of hydrogen-bond acceptors (Lipinski definition) is 4. The van der Waals surface area contributed by atoms with Crippen molar-refractivity contribution in [3.63, 3.8) is 0 Å². The molecular weight excluding hydrogens is 398 g/mol. The van der Waals surface area contributed by atoms with Gasteiger partial charge in [0.1, 0.15) is 5.69 Å². The predicted molar refractivity (Wildman–Crippen MR) is 124 cm³/mol. The third-order valence-electron chi connectivity index (χ3n) is 4.83. The molecule has 6 nitrogen and oxygen atoms in total. The Bertz CT molecular complexity index is 1250. The summed E-state index contributed by atoms with van der Waals surface area (Å²) in [7, 11) is 0. The van der Waals surface area contributed by atoms with Gasteiger partial charge in [-0.1, -0.05) is 42.5 Å². The van der Waals surface area contributed by atoms with Crippen molar-refractivity contribution >= 4 is 17.7 Å². The Kier molecular flexibility index (Phi) is 6.49. The van der Waals surface area contributed by atoms with E-state index in [1.807, 2.05) is 53.3 Å². The van der Waals surface area contributed by atoms with Crippen molar-refractivity contribution in [1.82, 2.24) is 14.8 Å². The minimum atomic E-state index is -0.244. The molecule has 6 heteroatoms. The lowest BCUT2D eigenvalue weighted by atomic mass is 10.1. The highest BCUT2D eigenvalue weighted by molar-refractivity contribution is 6.02. The molecule has 1 N–H and O–H groups in total. The fraction of sp³-hybridized carbons (Fsp3) is 0.0769. The first-order chi connectivity index (χ1) is 15.7. The number of amides is 1. The molecule has 1 amide bonds. The van der Waals surface area contributed by atoms with E-state index in [-0.39, 0.29) is 5.91 Å². The van der Waals surface area contributed by atoms with Gasteiger partial charge in [-0.25, -0.2) is 0 Å². The van der Waals surface area contributed by atoms with Crippen molar-refractivity contribution in [2.45, 2.75) is 13.0 Å². The zero-order chi connectivity index (χ0) is 22.2. The Morgan fingerprint density at radius 1 is 1.03 bits per heavy atom. The minimum Gasteiger partial charge on any atom is -0.323 e. The van der Waals surface area contributed by atoms with Gasteiger partial charge in [-0.15, -0.1) is 0 Å². The van der Waals surface area contributed by atoms with Gasteiger partial charge in [0.15, 0.2) is 0 Å². The molecule has 0 radical (unpaired) electrons. The molecule has 0 saturated heterocycles. The van der Waals surface area contributed by atoms with Crippen molar-refractivity contribution in [3.05, 3.63) is 108 Å². The van der Waals surface area contributed by atoms with Crippen LogP contribution in [0, 0.1) is 11.3 Å². The summed E-state index contributed by atoms with van der Waals surface area (Å²) in [6.07, 6.45) is 9.00. The van der Waals surface area contributed by atoms with Crippen molar-refractivity contribution < 1.29 is 4.79 Å². The number of anilines is 1. The van der Waals surface area contributed by atoms with Gasteiger partial charge in [0, 0.05) is 41.5 Å².